The first-order chi connectivity index (χ1) is 9.79. The number of carbonyl (C=O) groups is 1. The highest BCUT2D eigenvalue weighted by Crippen LogP contribution is 2.28. The topological polar surface area (TPSA) is 75.7 Å². The summed E-state index contributed by atoms with van der Waals surface area (Å²) in [4.78, 5) is 11.9. The minimum Gasteiger partial charge on any atom is -0.479 e. The van der Waals surface area contributed by atoms with Gasteiger partial charge in [-0.15, -0.1) is 0 Å². The molecule has 0 aliphatic carbocycles. The molecule has 1 aromatic carbocycles. The highest BCUT2D eigenvalue weighted by molar-refractivity contribution is 7.87. The summed E-state index contributed by atoms with van der Waals surface area (Å²) in [5.74, 6) is -0.502. The minimum atomic E-state index is -3.78. The number of benzene rings is 1. The Morgan fingerprint density at radius 3 is 2.57 bits per heavy atom. The molecule has 9 heteroatoms. The highest BCUT2D eigenvalue weighted by atomic mass is 35.5. The van der Waals surface area contributed by atoms with Gasteiger partial charge in [-0.3, -0.25) is 4.79 Å². The number of rotatable bonds is 5. The van der Waals surface area contributed by atoms with Crippen molar-refractivity contribution < 1.29 is 17.9 Å². The van der Waals surface area contributed by atoms with E-state index >= 15 is 0 Å². The van der Waals surface area contributed by atoms with Crippen LogP contribution >= 0.6 is 23.2 Å². The van der Waals surface area contributed by atoms with Gasteiger partial charge in [-0.05, 0) is 31.5 Å². The molecular formula is C12H14Cl2N2O4S. The standard InChI is InChI=1S/C12H14Cl2N2O4S/c1-8(20-11-4-3-9(13)7-10(11)14)12(17)15-21(18,19)16-5-2-6-16/h3-4,7-8H,2,5-6H2,1H3,(H,15,17). The van der Waals surface area contributed by atoms with E-state index in [1.54, 1.807) is 6.07 Å². The molecule has 1 N–H and O–H groups in total. The van der Waals surface area contributed by atoms with Crippen LogP contribution in [0, 0.1) is 0 Å². The zero-order chi connectivity index (χ0) is 15.6. The van der Waals surface area contributed by atoms with Gasteiger partial charge >= 0.3 is 10.2 Å². The number of carbonyl (C=O) groups excluding carboxylic acids is 1. The van der Waals surface area contributed by atoms with E-state index in [-0.39, 0.29) is 10.8 Å². The van der Waals surface area contributed by atoms with Crippen LogP contribution < -0.4 is 9.46 Å². The maximum atomic E-state index is 11.9. The van der Waals surface area contributed by atoms with Crippen molar-refractivity contribution in [1.82, 2.24) is 9.03 Å². The molecule has 1 aliphatic heterocycles. The predicted octanol–water partition coefficient (Wildman–Crippen LogP) is 1.83. The smallest absolute Gasteiger partial charge is 0.303 e. The molecule has 1 aromatic rings. The summed E-state index contributed by atoms with van der Waals surface area (Å²) in [5, 5.41) is 0.678. The number of halogens is 2. The van der Waals surface area contributed by atoms with Gasteiger partial charge in [-0.2, -0.15) is 12.7 Å². The SMILES string of the molecule is CC(Oc1ccc(Cl)cc1Cl)C(=O)NS(=O)(=O)N1CCC1. The van der Waals surface area contributed by atoms with Crippen molar-refractivity contribution >= 4 is 39.3 Å². The molecule has 6 nitrogen and oxygen atoms in total. The van der Waals surface area contributed by atoms with Gasteiger partial charge in [-0.25, -0.2) is 4.72 Å². The van der Waals surface area contributed by atoms with E-state index in [2.05, 4.69) is 0 Å². The van der Waals surface area contributed by atoms with Crippen molar-refractivity contribution in [2.45, 2.75) is 19.4 Å². The second-order valence-corrected chi connectivity index (χ2v) is 7.07. The average Bonchev–Trinajstić information content (AvgIpc) is 2.28. The summed E-state index contributed by atoms with van der Waals surface area (Å²) in [6, 6.07) is 4.54. The van der Waals surface area contributed by atoms with E-state index in [1.165, 1.54) is 23.4 Å². The molecule has 1 saturated heterocycles. The predicted molar refractivity (Wildman–Crippen MR) is 79.8 cm³/mol. The number of nitrogens with one attached hydrogen (secondary N) is 1. The Bertz CT molecular complexity index is 647. The number of hydrogen-bond acceptors (Lipinski definition) is 4. The molecule has 1 heterocycles. The Hall–Kier alpha value is -1.02. The number of nitrogens with zero attached hydrogens (tertiary/aromatic N) is 1. The summed E-state index contributed by atoms with van der Waals surface area (Å²) in [5.41, 5.74) is 0. The Labute approximate surface area is 133 Å². The van der Waals surface area contributed by atoms with Crippen molar-refractivity contribution in [3.63, 3.8) is 0 Å². The third-order valence-electron chi connectivity index (χ3n) is 2.95. The molecule has 0 aromatic heterocycles. The molecule has 0 spiro atoms. The fourth-order valence-corrected chi connectivity index (χ4v) is 3.36. The lowest BCUT2D eigenvalue weighted by Gasteiger charge is -2.29. The first kappa shape index (κ1) is 16.4. The summed E-state index contributed by atoms with van der Waals surface area (Å²) < 4.78 is 32.1. The molecule has 2 rings (SSSR count). The molecule has 1 fully saturated rings. The molecule has 1 unspecified atom stereocenters. The van der Waals surface area contributed by atoms with Crippen LogP contribution in [0.1, 0.15) is 13.3 Å². The van der Waals surface area contributed by atoms with Crippen molar-refractivity contribution in [2.24, 2.45) is 0 Å². The van der Waals surface area contributed by atoms with Crippen molar-refractivity contribution in [3.05, 3.63) is 28.2 Å². The van der Waals surface area contributed by atoms with Crippen molar-refractivity contribution in [2.75, 3.05) is 13.1 Å². The van der Waals surface area contributed by atoms with E-state index in [4.69, 9.17) is 27.9 Å². The van der Waals surface area contributed by atoms with Gasteiger partial charge < -0.3 is 4.74 Å². The molecule has 116 valence electrons. The summed E-state index contributed by atoms with van der Waals surface area (Å²) in [7, 11) is -3.78. The van der Waals surface area contributed by atoms with Crippen LogP contribution in [0.3, 0.4) is 0 Å². The van der Waals surface area contributed by atoms with Gasteiger partial charge in [0, 0.05) is 18.1 Å². The molecule has 1 amide bonds. The van der Waals surface area contributed by atoms with E-state index in [0.29, 0.717) is 18.1 Å². The first-order valence-corrected chi connectivity index (χ1v) is 8.42. The summed E-state index contributed by atoms with van der Waals surface area (Å²) >= 11 is 11.7. The zero-order valence-electron chi connectivity index (χ0n) is 11.2. The summed E-state index contributed by atoms with van der Waals surface area (Å²) in [6.45, 7) is 2.27. The Kier molecular flexibility index (Phi) is 4.98. The molecule has 1 atom stereocenters. The Morgan fingerprint density at radius 1 is 1.38 bits per heavy atom. The lowest BCUT2D eigenvalue weighted by molar-refractivity contribution is -0.125. The van der Waals surface area contributed by atoms with Crippen LogP contribution in [0.25, 0.3) is 0 Å². The fraction of sp³-hybridized carbons (Fsp3) is 0.417. The lowest BCUT2D eigenvalue weighted by Crippen LogP contribution is -2.52. The van der Waals surface area contributed by atoms with Gasteiger partial charge in [0.25, 0.3) is 5.91 Å². The van der Waals surface area contributed by atoms with Crippen LogP contribution in [0.15, 0.2) is 18.2 Å². The summed E-state index contributed by atoms with van der Waals surface area (Å²) in [6.07, 6.45) is -0.221. The molecule has 0 radical (unpaired) electrons. The van der Waals surface area contributed by atoms with E-state index in [0.717, 1.165) is 6.42 Å². The minimum absolute atomic E-state index is 0.243. The van der Waals surface area contributed by atoms with E-state index in [1.807, 2.05) is 4.72 Å². The van der Waals surface area contributed by atoms with Crippen LogP contribution in [0.4, 0.5) is 0 Å². The van der Waals surface area contributed by atoms with Gasteiger partial charge in [-0.1, -0.05) is 23.2 Å². The van der Waals surface area contributed by atoms with Gasteiger partial charge in [0.15, 0.2) is 6.10 Å². The second kappa shape index (κ2) is 6.39. The number of hydrogen-bond donors (Lipinski definition) is 1. The Balaban J connectivity index is 1.99. The zero-order valence-corrected chi connectivity index (χ0v) is 13.5. The van der Waals surface area contributed by atoms with Crippen LogP contribution in [0.5, 0.6) is 5.75 Å². The fourth-order valence-electron chi connectivity index (χ4n) is 1.62. The molecule has 0 bridgehead atoms. The number of ether oxygens (including phenoxy) is 1. The Morgan fingerprint density at radius 2 is 2.05 bits per heavy atom. The largest absolute Gasteiger partial charge is 0.479 e. The average molecular weight is 353 g/mol. The monoisotopic (exact) mass is 352 g/mol. The van der Waals surface area contributed by atoms with Crippen molar-refractivity contribution in [3.8, 4) is 5.75 Å². The first-order valence-electron chi connectivity index (χ1n) is 6.23. The molecule has 21 heavy (non-hydrogen) atoms. The van der Waals surface area contributed by atoms with Gasteiger partial charge in [0.05, 0.1) is 5.02 Å². The third kappa shape index (κ3) is 4.00. The maximum absolute atomic E-state index is 11.9. The second-order valence-electron chi connectivity index (χ2n) is 4.56. The van der Waals surface area contributed by atoms with E-state index in [9.17, 15) is 13.2 Å². The quantitative estimate of drug-likeness (QED) is 0.876. The maximum Gasteiger partial charge on any atom is 0.303 e. The lowest BCUT2D eigenvalue weighted by atomic mass is 10.3. The van der Waals surface area contributed by atoms with Gasteiger partial charge in [0.1, 0.15) is 5.75 Å². The van der Waals surface area contributed by atoms with Crippen molar-refractivity contribution in [1.29, 1.82) is 0 Å². The molecule has 0 saturated carbocycles. The van der Waals surface area contributed by atoms with Crippen LogP contribution in [-0.2, 0) is 15.0 Å². The van der Waals surface area contributed by atoms with Crippen LogP contribution in [0.2, 0.25) is 10.0 Å². The third-order valence-corrected chi connectivity index (χ3v) is 4.99. The normalized spacial score (nSPS) is 16.9. The van der Waals surface area contributed by atoms with E-state index < -0.39 is 22.2 Å². The number of amides is 1. The molecular weight excluding hydrogens is 339 g/mol. The molecule has 1 aliphatic rings. The highest BCUT2D eigenvalue weighted by Gasteiger charge is 2.31. The van der Waals surface area contributed by atoms with Crippen LogP contribution in [-0.4, -0.2) is 37.8 Å². The van der Waals surface area contributed by atoms with Gasteiger partial charge in [0.2, 0.25) is 0 Å².